The molecule has 8 heteroatoms. The van der Waals surface area contributed by atoms with Crippen molar-refractivity contribution in [3.8, 4) is 0 Å². The lowest BCUT2D eigenvalue weighted by Crippen LogP contribution is -2.49. The highest BCUT2D eigenvalue weighted by molar-refractivity contribution is 7.14. The predicted octanol–water partition coefficient (Wildman–Crippen LogP) is 4.61. The molecule has 2 fully saturated rings. The number of nitrogens with zero attached hydrogens (tertiary/aromatic N) is 2. The molecular formula is C15H20F3N3OS. The Hall–Kier alpha value is -1.31. The van der Waals surface area contributed by atoms with Crippen LogP contribution in [0.3, 0.4) is 0 Å². The topological polar surface area (TPSA) is 45.2 Å². The number of alkyl halides is 3. The maximum atomic E-state index is 13.2. The molecule has 0 spiro atoms. The first-order chi connectivity index (χ1) is 10.9. The Kier molecular flexibility index (Phi) is 4.53. The van der Waals surface area contributed by atoms with Crippen molar-refractivity contribution >= 4 is 22.4 Å². The molecule has 1 aromatic heterocycles. The minimum atomic E-state index is -4.26. The molecule has 1 aromatic rings. The van der Waals surface area contributed by atoms with Crippen LogP contribution in [0.4, 0.5) is 23.0 Å². The summed E-state index contributed by atoms with van der Waals surface area (Å²) in [6.07, 6.45) is -0.364. The molecule has 0 radical (unpaired) electrons. The summed E-state index contributed by atoms with van der Waals surface area (Å²) in [5.41, 5.74) is 2.54. The monoisotopic (exact) mass is 347 g/mol. The van der Waals surface area contributed by atoms with E-state index in [0.717, 1.165) is 25.0 Å². The molecule has 128 valence electrons. The number of anilines is 1. The second kappa shape index (κ2) is 6.30. The molecule has 0 aromatic carbocycles. The zero-order valence-corrected chi connectivity index (χ0v) is 13.7. The van der Waals surface area contributed by atoms with Gasteiger partial charge in [-0.25, -0.2) is 9.78 Å². The van der Waals surface area contributed by atoms with E-state index in [4.69, 9.17) is 0 Å². The van der Waals surface area contributed by atoms with Crippen LogP contribution < -0.4 is 5.32 Å². The normalized spacial score (nSPS) is 25.2. The maximum Gasteiger partial charge on any atom is 0.393 e. The number of hydrogen-bond acceptors (Lipinski definition) is 3. The summed E-state index contributed by atoms with van der Waals surface area (Å²) < 4.78 is 39.6. The number of hydrogen-bond donors (Lipinski definition) is 1. The van der Waals surface area contributed by atoms with Gasteiger partial charge in [0, 0.05) is 19.0 Å². The molecule has 2 atom stereocenters. The van der Waals surface area contributed by atoms with Crippen molar-refractivity contribution in [1.29, 1.82) is 0 Å². The first-order valence-electron chi connectivity index (χ1n) is 7.92. The van der Waals surface area contributed by atoms with Crippen LogP contribution in [0, 0.1) is 5.92 Å². The second-order valence-corrected chi connectivity index (χ2v) is 7.24. The van der Waals surface area contributed by atoms with Crippen molar-refractivity contribution in [3.63, 3.8) is 0 Å². The Morgan fingerprint density at radius 3 is 2.65 bits per heavy atom. The van der Waals surface area contributed by atoms with Crippen LogP contribution in [0.25, 0.3) is 0 Å². The second-order valence-electron chi connectivity index (χ2n) is 6.38. The van der Waals surface area contributed by atoms with Crippen molar-refractivity contribution in [2.75, 3.05) is 12.4 Å². The van der Waals surface area contributed by atoms with Gasteiger partial charge in [-0.15, -0.1) is 11.3 Å². The quantitative estimate of drug-likeness (QED) is 0.868. The van der Waals surface area contributed by atoms with E-state index in [2.05, 4.69) is 10.3 Å². The first kappa shape index (κ1) is 16.5. The van der Waals surface area contributed by atoms with Gasteiger partial charge in [0.25, 0.3) is 0 Å². The Bertz CT molecular complexity index is 571. The lowest BCUT2D eigenvalue weighted by atomic mass is 9.83. The highest BCUT2D eigenvalue weighted by Crippen LogP contribution is 2.44. The predicted molar refractivity (Wildman–Crippen MR) is 82.7 cm³/mol. The average molecular weight is 347 g/mol. The largest absolute Gasteiger partial charge is 0.393 e. The van der Waals surface area contributed by atoms with Gasteiger partial charge in [-0.2, -0.15) is 13.2 Å². The Labute approximate surface area is 137 Å². The SMILES string of the molecule is CN(C(=O)Nc1scnc1C1CC1)[C@H]1CCCC[C@H]1C(F)(F)F. The van der Waals surface area contributed by atoms with Gasteiger partial charge >= 0.3 is 12.2 Å². The van der Waals surface area contributed by atoms with Crippen LogP contribution in [-0.4, -0.2) is 35.2 Å². The molecule has 3 rings (SSSR count). The highest BCUT2D eigenvalue weighted by atomic mass is 32.1. The molecule has 23 heavy (non-hydrogen) atoms. The standard InChI is InChI=1S/C15H20F3N3OS/c1-21(11-5-3-2-4-10(11)15(16,17)18)14(22)20-13-12(9-6-7-9)19-8-23-13/h8-11H,2-7H2,1H3,(H,20,22)/t10-,11+/m1/s1. The molecule has 1 heterocycles. The van der Waals surface area contributed by atoms with Crippen LogP contribution in [0.1, 0.15) is 50.1 Å². The highest BCUT2D eigenvalue weighted by Gasteiger charge is 2.47. The summed E-state index contributed by atoms with van der Waals surface area (Å²) in [5.74, 6) is -1.05. The van der Waals surface area contributed by atoms with Crippen molar-refractivity contribution in [2.45, 2.75) is 56.7 Å². The number of carbonyl (C=O) groups is 1. The minimum Gasteiger partial charge on any atom is -0.324 e. The molecule has 2 saturated carbocycles. The van der Waals surface area contributed by atoms with Gasteiger partial charge < -0.3 is 4.90 Å². The molecule has 2 amide bonds. The van der Waals surface area contributed by atoms with Crippen LogP contribution in [0.2, 0.25) is 0 Å². The summed E-state index contributed by atoms with van der Waals surface area (Å²) in [5, 5.41) is 3.43. The Morgan fingerprint density at radius 2 is 2.00 bits per heavy atom. The summed E-state index contributed by atoms with van der Waals surface area (Å²) in [6, 6.07) is -1.27. The van der Waals surface area contributed by atoms with Crippen molar-refractivity contribution in [2.24, 2.45) is 5.92 Å². The summed E-state index contributed by atoms with van der Waals surface area (Å²) >= 11 is 1.32. The number of rotatable bonds is 3. The molecule has 0 bridgehead atoms. The van der Waals surface area contributed by atoms with Gasteiger partial charge in [0.2, 0.25) is 0 Å². The van der Waals surface area contributed by atoms with Crippen molar-refractivity contribution < 1.29 is 18.0 Å². The van der Waals surface area contributed by atoms with Crippen LogP contribution in [-0.2, 0) is 0 Å². The molecule has 0 aliphatic heterocycles. The number of halogens is 3. The smallest absolute Gasteiger partial charge is 0.324 e. The molecule has 0 unspecified atom stereocenters. The third kappa shape index (κ3) is 3.62. The van der Waals surface area contributed by atoms with E-state index in [1.165, 1.54) is 23.3 Å². The summed E-state index contributed by atoms with van der Waals surface area (Å²) in [6.45, 7) is 0. The molecule has 0 saturated heterocycles. The molecule has 4 nitrogen and oxygen atoms in total. The number of urea groups is 1. The fraction of sp³-hybridized carbons (Fsp3) is 0.733. The van der Waals surface area contributed by atoms with Gasteiger partial charge in [0.1, 0.15) is 5.00 Å². The van der Waals surface area contributed by atoms with Gasteiger partial charge in [0.15, 0.2) is 0 Å². The zero-order valence-electron chi connectivity index (χ0n) is 12.9. The average Bonchev–Trinajstić information content (AvgIpc) is 3.25. The number of nitrogens with one attached hydrogen (secondary N) is 1. The molecule has 2 aliphatic rings. The van der Waals surface area contributed by atoms with E-state index in [1.807, 2.05) is 0 Å². The summed E-state index contributed by atoms with van der Waals surface area (Å²) in [4.78, 5) is 17.9. The lowest BCUT2D eigenvalue weighted by molar-refractivity contribution is -0.195. The number of carbonyl (C=O) groups excluding carboxylic acids is 1. The van der Waals surface area contributed by atoms with E-state index in [-0.39, 0.29) is 6.42 Å². The first-order valence-corrected chi connectivity index (χ1v) is 8.80. The van der Waals surface area contributed by atoms with Gasteiger partial charge in [-0.3, -0.25) is 5.32 Å². The van der Waals surface area contributed by atoms with E-state index in [1.54, 1.807) is 5.51 Å². The van der Waals surface area contributed by atoms with Crippen LogP contribution in [0.15, 0.2) is 5.51 Å². The third-order valence-corrected chi connectivity index (χ3v) is 5.50. The van der Waals surface area contributed by atoms with E-state index >= 15 is 0 Å². The third-order valence-electron chi connectivity index (χ3n) is 4.75. The molecule has 1 N–H and O–H groups in total. The Morgan fingerprint density at radius 1 is 1.30 bits per heavy atom. The lowest BCUT2D eigenvalue weighted by Gasteiger charge is -2.38. The fourth-order valence-electron chi connectivity index (χ4n) is 3.29. The van der Waals surface area contributed by atoms with E-state index in [9.17, 15) is 18.0 Å². The number of aromatic nitrogens is 1. The van der Waals surface area contributed by atoms with Crippen molar-refractivity contribution in [1.82, 2.24) is 9.88 Å². The zero-order chi connectivity index (χ0) is 16.6. The number of thiazole rings is 1. The fourth-order valence-corrected chi connectivity index (χ4v) is 4.05. The van der Waals surface area contributed by atoms with Crippen molar-refractivity contribution in [3.05, 3.63) is 11.2 Å². The minimum absolute atomic E-state index is 0.0969. The van der Waals surface area contributed by atoms with Gasteiger partial charge in [-0.05, 0) is 25.7 Å². The van der Waals surface area contributed by atoms with E-state index in [0.29, 0.717) is 23.8 Å². The van der Waals surface area contributed by atoms with Crippen LogP contribution >= 0.6 is 11.3 Å². The van der Waals surface area contributed by atoms with E-state index < -0.39 is 24.2 Å². The van der Waals surface area contributed by atoms with Gasteiger partial charge in [-0.1, -0.05) is 12.8 Å². The van der Waals surface area contributed by atoms with Gasteiger partial charge in [0.05, 0.1) is 17.1 Å². The molecule has 2 aliphatic carbocycles. The summed E-state index contributed by atoms with van der Waals surface area (Å²) in [7, 11) is 1.46. The maximum absolute atomic E-state index is 13.2. The number of amides is 2. The Balaban J connectivity index is 1.69. The molecular weight excluding hydrogens is 327 g/mol. The van der Waals surface area contributed by atoms with Crippen LogP contribution in [0.5, 0.6) is 0 Å².